The van der Waals surface area contributed by atoms with Crippen molar-refractivity contribution in [3.8, 4) is 5.69 Å². The van der Waals surface area contributed by atoms with Gasteiger partial charge in [-0.25, -0.2) is 9.97 Å². The molecule has 1 aromatic carbocycles. The quantitative estimate of drug-likeness (QED) is 0.741. The molecule has 3 heterocycles. The van der Waals surface area contributed by atoms with Gasteiger partial charge in [0.1, 0.15) is 11.3 Å². The van der Waals surface area contributed by atoms with Gasteiger partial charge in [-0.05, 0) is 51.1 Å². The number of benzene rings is 1. The zero-order valence-electron chi connectivity index (χ0n) is 13.7. The maximum absolute atomic E-state index is 4.94. The van der Waals surface area contributed by atoms with Crippen LogP contribution in [0.25, 0.3) is 16.9 Å². The van der Waals surface area contributed by atoms with Crippen molar-refractivity contribution < 1.29 is 0 Å². The largest absolute Gasteiger partial charge is 0.300 e. The lowest BCUT2D eigenvalue weighted by atomic mass is 10.1. The van der Waals surface area contributed by atoms with Crippen LogP contribution in [0, 0.1) is 0 Å². The van der Waals surface area contributed by atoms with Gasteiger partial charge >= 0.3 is 0 Å². The number of hydrogen-bond acceptors (Lipinski definition) is 3. The number of pyridine rings is 1. The van der Waals surface area contributed by atoms with E-state index < -0.39 is 0 Å². The molecule has 0 bridgehead atoms. The highest BCUT2D eigenvalue weighted by Crippen LogP contribution is 2.31. The summed E-state index contributed by atoms with van der Waals surface area (Å²) >= 11 is 0. The van der Waals surface area contributed by atoms with E-state index in [0.717, 1.165) is 42.2 Å². The van der Waals surface area contributed by atoms with Gasteiger partial charge in [0, 0.05) is 30.4 Å². The van der Waals surface area contributed by atoms with Crippen LogP contribution in [0.3, 0.4) is 0 Å². The topological polar surface area (TPSA) is 34.0 Å². The molecule has 1 aliphatic rings. The van der Waals surface area contributed by atoms with E-state index in [-0.39, 0.29) is 0 Å². The van der Waals surface area contributed by atoms with Gasteiger partial charge < -0.3 is 4.90 Å². The number of aromatic nitrogens is 3. The lowest BCUT2D eigenvalue weighted by molar-refractivity contribution is 0.271. The molecule has 4 nitrogen and oxygen atoms in total. The van der Waals surface area contributed by atoms with Crippen LogP contribution in [0.1, 0.15) is 32.0 Å². The third kappa shape index (κ3) is 2.53. The van der Waals surface area contributed by atoms with Gasteiger partial charge in [0.05, 0.1) is 0 Å². The van der Waals surface area contributed by atoms with Crippen molar-refractivity contribution in [1.29, 1.82) is 0 Å². The summed E-state index contributed by atoms with van der Waals surface area (Å²) in [6, 6.07) is 15.1. The van der Waals surface area contributed by atoms with Gasteiger partial charge in [0.2, 0.25) is 0 Å². The second-order valence-electron chi connectivity index (χ2n) is 6.56. The van der Waals surface area contributed by atoms with E-state index in [4.69, 9.17) is 4.98 Å². The molecule has 1 unspecified atom stereocenters. The Bertz CT molecular complexity index is 807. The van der Waals surface area contributed by atoms with Gasteiger partial charge in [0.25, 0.3) is 0 Å². The summed E-state index contributed by atoms with van der Waals surface area (Å²) in [4.78, 5) is 12.1. The van der Waals surface area contributed by atoms with Crippen molar-refractivity contribution in [3.63, 3.8) is 0 Å². The van der Waals surface area contributed by atoms with E-state index in [1.54, 1.807) is 0 Å². The second kappa shape index (κ2) is 5.78. The predicted molar refractivity (Wildman–Crippen MR) is 92.9 cm³/mol. The van der Waals surface area contributed by atoms with E-state index >= 15 is 0 Å². The SMILES string of the molecule is CC(C)N1CCC(c2nc3cccnc3n2-c2ccccc2)C1. The van der Waals surface area contributed by atoms with Crippen LogP contribution in [-0.4, -0.2) is 38.6 Å². The molecule has 0 spiro atoms. The first-order valence-electron chi connectivity index (χ1n) is 8.37. The molecular formula is C19H22N4. The summed E-state index contributed by atoms with van der Waals surface area (Å²) in [5.74, 6) is 1.61. The first-order chi connectivity index (χ1) is 11.2. The average Bonchev–Trinajstić information content (AvgIpc) is 3.20. The molecule has 1 aliphatic heterocycles. The highest BCUT2D eigenvalue weighted by molar-refractivity contribution is 5.74. The Balaban J connectivity index is 1.84. The summed E-state index contributed by atoms with van der Waals surface area (Å²) in [5, 5.41) is 0. The molecule has 4 heteroatoms. The van der Waals surface area contributed by atoms with Crippen LogP contribution in [0.15, 0.2) is 48.7 Å². The lowest BCUT2D eigenvalue weighted by Crippen LogP contribution is -2.28. The minimum absolute atomic E-state index is 0.465. The average molecular weight is 306 g/mol. The number of imidazole rings is 1. The molecule has 23 heavy (non-hydrogen) atoms. The van der Waals surface area contributed by atoms with Crippen molar-refractivity contribution in [2.45, 2.75) is 32.2 Å². The van der Waals surface area contributed by atoms with Crippen LogP contribution in [0.5, 0.6) is 0 Å². The highest BCUT2D eigenvalue weighted by atomic mass is 15.2. The lowest BCUT2D eigenvalue weighted by Gasteiger charge is -2.20. The Morgan fingerprint density at radius 2 is 1.91 bits per heavy atom. The molecule has 0 amide bonds. The van der Waals surface area contributed by atoms with E-state index in [2.05, 4.69) is 58.6 Å². The zero-order chi connectivity index (χ0) is 15.8. The van der Waals surface area contributed by atoms with Crippen LogP contribution in [-0.2, 0) is 0 Å². The number of rotatable bonds is 3. The maximum atomic E-state index is 4.94. The highest BCUT2D eigenvalue weighted by Gasteiger charge is 2.30. The first kappa shape index (κ1) is 14.4. The Kier molecular flexibility index (Phi) is 3.62. The third-order valence-electron chi connectivity index (χ3n) is 4.77. The zero-order valence-corrected chi connectivity index (χ0v) is 13.7. The summed E-state index contributed by atoms with van der Waals surface area (Å²) in [5.41, 5.74) is 3.08. The Labute approximate surface area is 136 Å². The second-order valence-corrected chi connectivity index (χ2v) is 6.56. The predicted octanol–water partition coefficient (Wildman–Crippen LogP) is 3.62. The molecule has 2 aromatic heterocycles. The standard InChI is InChI=1S/C19H22N4/c1-14(2)22-12-10-15(13-22)18-21-17-9-6-11-20-19(17)23(18)16-7-4-3-5-8-16/h3-9,11,14-15H,10,12-13H2,1-2H3. The number of hydrogen-bond donors (Lipinski definition) is 0. The monoisotopic (exact) mass is 306 g/mol. The number of fused-ring (bicyclic) bond motifs is 1. The van der Waals surface area contributed by atoms with Crippen molar-refractivity contribution >= 4 is 11.2 Å². The first-order valence-corrected chi connectivity index (χ1v) is 8.37. The van der Waals surface area contributed by atoms with E-state index in [1.165, 1.54) is 0 Å². The Hall–Kier alpha value is -2.20. The van der Waals surface area contributed by atoms with Gasteiger partial charge in [-0.2, -0.15) is 0 Å². The summed E-state index contributed by atoms with van der Waals surface area (Å²) in [7, 11) is 0. The molecule has 1 saturated heterocycles. The van der Waals surface area contributed by atoms with Crippen molar-refractivity contribution in [3.05, 3.63) is 54.5 Å². The Morgan fingerprint density at radius 1 is 1.09 bits per heavy atom. The van der Waals surface area contributed by atoms with Crippen LogP contribution >= 0.6 is 0 Å². The van der Waals surface area contributed by atoms with Crippen molar-refractivity contribution in [1.82, 2.24) is 19.4 Å². The molecule has 1 atom stereocenters. The molecule has 0 N–H and O–H groups in total. The molecule has 0 radical (unpaired) electrons. The molecule has 1 fully saturated rings. The van der Waals surface area contributed by atoms with Crippen LogP contribution in [0.2, 0.25) is 0 Å². The fourth-order valence-corrected chi connectivity index (χ4v) is 3.50. The van der Waals surface area contributed by atoms with Crippen molar-refractivity contribution in [2.75, 3.05) is 13.1 Å². The molecular weight excluding hydrogens is 284 g/mol. The minimum Gasteiger partial charge on any atom is -0.300 e. The number of para-hydroxylation sites is 1. The molecule has 118 valence electrons. The molecule has 3 aromatic rings. The fourth-order valence-electron chi connectivity index (χ4n) is 3.50. The van der Waals surface area contributed by atoms with Crippen LogP contribution in [0.4, 0.5) is 0 Å². The number of nitrogens with zero attached hydrogens (tertiary/aromatic N) is 4. The van der Waals surface area contributed by atoms with Gasteiger partial charge in [0.15, 0.2) is 5.65 Å². The van der Waals surface area contributed by atoms with E-state index in [0.29, 0.717) is 12.0 Å². The fraction of sp³-hybridized carbons (Fsp3) is 0.368. The summed E-state index contributed by atoms with van der Waals surface area (Å²) in [6.45, 7) is 6.76. The van der Waals surface area contributed by atoms with E-state index in [1.807, 2.05) is 18.3 Å². The molecule has 0 saturated carbocycles. The van der Waals surface area contributed by atoms with Crippen molar-refractivity contribution in [2.24, 2.45) is 0 Å². The van der Waals surface area contributed by atoms with Gasteiger partial charge in [-0.3, -0.25) is 4.57 Å². The minimum atomic E-state index is 0.465. The third-order valence-corrected chi connectivity index (χ3v) is 4.77. The summed E-state index contributed by atoms with van der Waals surface area (Å²) < 4.78 is 2.24. The normalized spacial score (nSPS) is 19.0. The van der Waals surface area contributed by atoms with E-state index in [9.17, 15) is 0 Å². The molecule has 0 aliphatic carbocycles. The summed E-state index contributed by atoms with van der Waals surface area (Å²) in [6.07, 6.45) is 3.01. The maximum Gasteiger partial charge on any atom is 0.164 e. The Morgan fingerprint density at radius 3 is 2.65 bits per heavy atom. The number of likely N-dealkylation sites (tertiary alicyclic amines) is 1. The van der Waals surface area contributed by atoms with Gasteiger partial charge in [-0.15, -0.1) is 0 Å². The smallest absolute Gasteiger partial charge is 0.164 e. The van der Waals surface area contributed by atoms with Crippen LogP contribution < -0.4 is 0 Å². The van der Waals surface area contributed by atoms with Gasteiger partial charge in [-0.1, -0.05) is 18.2 Å². The molecule has 4 rings (SSSR count).